The summed E-state index contributed by atoms with van der Waals surface area (Å²) >= 11 is 6.44. The molecule has 2 saturated heterocycles. The second-order valence-electron chi connectivity index (χ2n) is 21.3. The van der Waals surface area contributed by atoms with Gasteiger partial charge in [0.15, 0.2) is 0 Å². The lowest BCUT2D eigenvalue weighted by molar-refractivity contribution is -0.137. The summed E-state index contributed by atoms with van der Waals surface area (Å²) in [5.41, 5.74) is 3.19. The van der Waals surface area contributed by atoms with Crippen molar-refractivity contribution in [3.8, 4) is 0 Å². The molecule has 2 fully saturated rings. The number of rotatable bonds is 17. The molecule has 6 N–H and O–H groups in total. The van der Waals surface area contributed by atoms with E-state index in [1.807, 2.05) is 48.5 Å². The first kappa shape index (κ1) is 57.9. The third-order valence-electron chi connectivity index (χ3n) is 15.6. The van der Waals surface area contributed by atoms with Crippen LogP contribution in [0.15, 0.2) is 152 Å². The molecule has 85 heavy (non-hydrogen) atoms. The SMILES string of the molecule is O=C(O)c1cc(CCN2CCCC(NC(=O)c3cc(CCN4CCCC(NC(=O)c5ccccc5Nc5ccnc6c(Cl)cccc56)C4)ccc3Nc3ccnc4c(C(F)(F)F)cccc34)C2)ccc1Nc1ccnc2c(C(F)(F)F)cccc12. The molecule has 3 aromatic heterocycles. The van der Waals surface area contributed by atoms with Crippen LogP contribution in [0.25, 0.3) is 32.7 Å². The molecule has 2 amide bonds. The molecule has 2 aliphatic rings. The van der Waals surface area contributed by atoms with Crippen molar-refractivity contribution < 1.29 is 45.8 Å². The third-order valence-corrected chi connectivity index (χ3v) is 15.9. The number of likely N-dealkylation sites (tertiary alicyclic amines) is 2. The maximum Gasteiger partial charge on any atom is 0.418 e. The van der Waals surface area contributed by atoms with E-state index in [0.29, 0.717) is 89.7 Å². The number of piperidine rings is 2. The lowest BCUT2D eigenvalue weighted by atomic mass is 10.0. The predicted molar refractivity (Wildman–Crippen MR) is 318 cm³/mol. The number of carboxylic acid groups (broad SMARTS) is 1. The van der Waals surface area contributed by atoms with Crippen LogP contribution in [0.4, 0.5) is 60.5 Å². The molecule has 14 nitrogen and oxygen atoms in total. The van der Waals surface area contributed by atoms with E-state index in [4.69, 9.17) is 11.6 Å². The minimum absolute atomic E-state index is 0.0658. The van der Waals surface area contributed by atoms with Gasteiger partial charge in [-0.25, -0.2) is 4.79 Å². The van der Waals surface area contributed by atoms with Crippen molar-refractivity contribution in [1.29, 1.82) is 0 Å². The average Bonchev–Trinajstić information content (AvgIpc) is 3.57. The Hall–Kier alpha value is -8.85. The number of benzene rings is 6. The van der Waals surface area contributed by atoms with Crippen molar-refractivity contribution >= 4 is 96.2 Å². The first-order valence-corrected chi connectivity index (χ1v) is 28.2. The van der Waals surface area contributed by atoms with Crippen molar-refractivity contribution in [2.45, 2.75) is 63.0 Å². The van der Waals surface area contributed by atoms with Crippen LogP contribution in [-0.2, 0) is 25.2 Å². The minimum atomic E-state index is -4.65. The van der Waals surface area contributed by atoms with Gasteiger partial charge in [-0.05, 0) is 136 Å². The number of pyridine rings is 3. The second-order valence-corrected chi connectivity index (χ2v) is 21.7. The summed E-state index contributed by atoms with van der Waals surface area (Å²) in [7, 11) is 0. The van der Waals surface area contributed by atoms with Crippen molar-refractivity contribution in [2.24, 2.45) is 0 Å². The number of nitrogens with one attached hydrogen (secondary N) is 5. The summed E-state index contributed by atoms with van der Waals surface area (Å²) in [6, 6.07) is 35.3. The first-order chi connectivity index (χ1) is 40.9. The third kappa shape index (κ3) is 13.3. The number of anilines is 6. The van der Waals surface area contributed by atoms with Crippen LogP contribution in [0.2, 0.25) is 5.02 Å². The smallest absolute Gasteiger partial charge is 0.418 e. The summed E-state index contributed by atoms with van der Waals surface area (Å²) in [6.45, 7) is 3.74. The summed E-state index contributed by atoms with van der Waals surface area (Å²) in [5.74, 6) is -1.82. The zero-order valence-corrected chi connectivity index (χ0v) is 46.4. The summed E-state index contributed by atoms with van der Waals surface area (Å²) in [5, 5.41) is 28.2. The predicted octanol–water partition coefficient (Wildman–Crippen LogP) is 13.8. The highest BCUT2D eigenvalue weighted by atomic mass is 35.5. The number of aromatic nitrogens is 3. The Morgan fingerprint density at radius 2 is 0.941 bits per heavy atom. The molecule has 9 aromatic rings. The summed E-state index contributed by atoms with van der Waals surface area (Å²) < 4.78 is 84.0. The topological polar surface area (TPSA) is 177 Å². The standard InChI is InChI=1S/C64H57ClF6N10O4/c65-50-16-5-13-44-56(24-29-74-59(44)50)77-51-17-2-1-10-45(51)60(82)75-40-8-6-30-80(36-40)32-25-38-18-20-52(78-54-22-27-72-57-42(54)11-3-14-48(57)63(66,67)68)46(34-38)61(83)76-41-9-7-31-81(37-41)33-26-39-19-21-53(47(35-39)62(84)85)79-55-23-28-73-58-43(55)12-4-15-49(58)64(69,70)71/h1-5,10-24,27-29,34-35,40-41H,6-9,25-26,30-33,36-37H2,(H,72,78)(H,73,79)(H,74,77)(H,75,82)(H,76,83)(H,84,85). The minimum Gasteiger partial charge on any atom is -0.478 e. The number of carbonyl (C=O) groups excluding carboxylic acids is 2. The molecule has 6 aromatic carbocycles. The molecule has 2 atom stereocenters. The number of hydrogen-bond acceptors (Lipinski definition) is 11. The molecule has 0 bridgehead atoms. The van der Waals surface area contributed by atoms with Crippen LogP contribution in [0.1, 0.15) is 79.0 Å². The highest BCUT2D eigenvalue weighted by Gasteiger charge is 2.35. The van der Waals surface area contributed by atoms with Gasteiger partial charge in [-0.15, -0.1) is 0 Å². The molecule has 0 spiro atoms. The van der Waals surface area contributed by atoms with Gasteiger partial charge in [0.25, 0.3) is 11.8 Å². The van der Waals surface area contributed by atoms with E-state index in [0.717, 1.165) is 61.1 Å². The number of aromatic carboxylic acids is 1. The van der Waals surface area contributed by atoms with Crippen LogP contribution in [0, 0.1) is 0 Å². The molecule has 0 radical (unpaired) electrons. The van der Waals surface area contributed by atoms with E-state index in [9.17, 15) is 45.8 Å². The molecule has 0 saturated carbocycles. The Kier molecular flexibility index (Phi) is 16.9. The van der Waals surface area contributed by atoms with Crippen molar-refractivity contribution in [1.82, 2.24) is 35.4 Å². The lowest BCUT2D eigenvalue weighted by Crippen LogP contribution is -2.48. The van der Waals surface area contributed by atoms with Crippen LogP contribution < -0.4 is 26.6 Å². The van der Waals surface area contributed by atoms with Crippen molar-refractivity contribution in [3.05, 3.63) is 196 Å². The number of carbonyl (C=O) groups is 3. The van der Waals surface area contributed by atoms with Crippen molar-refractivity contribution in [2.75, 3.05) is 55.2 Å². The lowest BCUT2D eigenvalue weighted by Gasteiger charge is -2.33. The summed E-state index contributed by atoms with van der Waals surface area (Å²) in [6.07, 6.45) is -1.04. The average molecular weight is 1180 g/mol. The van der Waals surface area contributed by atoms with Crippen molar-refractivity contribution in [3.63, 3.8) is 0 Å². The number of hydrogen-bond donors (Lipinski definition) is 6. The number of nitrogens with zero attached hydrogens (tertiary/aromatic N) is 5. The quantitative estimate of drug-likeness (QED) is 0.0477. The highest BCUT2D eigenvalue weighted by Crippen LogP contribution is 2.39. The van der Waals surface area contributed by atoms with Gasteiger partial charge in [-0.3, -0.25) is 24.5 Å². The molecule has 2 unspecified atom stereocenters. The van der Waals surface area contributed by atoms with Crippen LogP contribution in [0.5, 0.6) is 0 Å². The number of carboxylic acids is 1. The van der Waals surface area contributed by atoms with Gasteiger partial charge in [0, 0.05) is 90.1 Å². The zero-order valence-electron chi connectivity index (χ0n) is 45.6. The second kappa shape index (κ2) is 24.8. The van der Waals surface area contributed by atoms with E-state index in [-0.39, 0.29) is 62.6 Å². The van der Waals surface area contributed by atoms with Gasteiger partial charge in [0.1, 0.15) is 0 Å². The van der Waals surface area contributed by atoms with E-state index < -0.39 is 29.4 Å². The monoisotopic (exact) mass is 1180 g/mol. The number of amides is 2. The first-order valence-electron chi connectivity index (χ1n) is 27.8. The van der Waals surface area contributed by atoms with Gasteiger partial charge in [-0.2, -0.15) is 26.3 Å². The van der Waals surface area contributed by atoms with Crippen LogP contribution >= 0.6 is 11.6 Å². The molecule has 11 rings (SSSR count). The number of halogens is 7. The van der Waals surface area contributed by atoms with Gasteiger partial charge in [-0.1, -0.05) is 72.3 Å². The molecule has 2 aliphatic heterocycles. The Morgan fingerprint density at radius 3 is 1.45 bits per heavy atom. The molecule has 21 heteroatoms. The van der Waals surface area contributed by atoms with Crippen LogP contribution in [-0.4, -0.2) is 99.0 Å². The Bertz CT molecular complexity index is 4000. The largest absolute Gasteiger partial charge is 0.478 e. The van der Waals surface area contributed by atoms with E-state index in [1.54, 1.807) is 54.7 Å². The van der Waals surface area contributed by atoms with Gasteiger partial charge < -0.3 is 41.5 Å². The van der Waals surface area contributed by atoms with E-state index in [1.165, 1.54) is 36.7 Å². The highest BCUT2D eigenvalue weighted by molar-refractivity contribution is 6.35. The maximum atomic E-state index is 14.7. The zero-order chi connectivity index (χ0) is 59.4. The molecule has 436 valence electrons. The van der Waals surface area contributed by atoms with Gasteiger partial charge >= 0.3 is 18.3 Å². The molecular formula is C64H57ClF6N10O4. The fourth-order valence-corrected chi connectivity index (χ4v) is 11.7. The van der Waals surface area contributed by atoms with E-state index >= 15 is 0 Å². The van der Waals surface area contributed by atoms with Gasteiger partial charge in [0.05, 0.1) is 66.5 Å². The normalized spacial score (nSPS) is 16.1. The fourth-order valence-electron chi connectivity index (χ4n) is 11.4. The molecule has 5 heterocycles. The van der Waals surface area contributed by atoms with Gasteiger partial charge in [0.2, 0.25) is 0 Å². The van der Waals surface area contributed by atoms with Crippen LogP contribution in [0.3, 0.4) is 0 Å². The molecular weight excluding hydrogens is 1120 g/mol. The summed E-state index contributed by atoms with van der Waals surface area (Å²) in [4.78, 5) is 58.2. The number of fused-ring (bicyclic) bond motifs is 3. The fraction of sp³-hybridized carbons (Fsp3) is 0.250. The van der Waals surface area contributed by atoms with E-state index in [2.05, 4.69) is 51.3 Å². The number of para-hydroxylation sites is 4. The maximum absolute atomic E-state index is 14.7. The Morgan fingerprint density at radius 1 is 0.506 bits per heavy atom. The molecule has 0 aliphatic carbocycles. The Labute approximate surface area is 489 Å². The Balaban J connectivity index is 0.767. The number of alkyl halides is 6.